The summed E-state index contributed by atoms with van der Waals surface area (Å²) in [6.45, 7) is 2.59. The molecule has 114 valence electrons. The van der Waals surface area contributed by atoms with Crippen molar-refractivity contribution in [2.45, 2.75) is 13.5 Å². The summed E-state index contributed by atoms with van der Waals surface area (Å²) in [6, 6.07) is 15.2. The quantitative estimate of drug-likeness (QED) is 0.581. The van der Waals surface area contributed by atoms with Gasteiger partial charge in [-0.1, -0.05) is 41.9 Å². The van der Waals surface area contributed by atoms with Crippen LogP contribution in [0, 0.1) is 0 Å². The number of hydrogen-bond acceptors (Lipinski definition) is 3. The molecule has 0 amide bonds. The number of halogens is 1. The minimum Gasteiger partial charge on any atom is -0.489 e. The van der Waals surface area contributed by atoms with Gasteiger partial charge in [0.15, 0.2) is 0 Å². The highest BCUT2D eigenvalue weighted by atomic mass is 35.5. The second-order valence-corrected chi connectivity index (χ2v) is 4.95. The van der Waals surface area contributed by atoms with E-state index >= 15 is 0 Å². The lowest BCUT2D eigenvalue weighted by Gasteiger charge is -2.07. The summed E-state index contributed by atoms with van der Waals surface area (Å²) in [5.74, 6) is 0.296. The van der Waals surface area contributed by atoms with Gasteiger partial charge < -0.3 is 9.47 Å². The maximum atomic E-state index is 11.3. The van der Waals surface area contributed by atoms with Gasteiger partial charge in [-0.25, -0.2) is 4.79 Å². The molecule has 0 N–H and O–H groups in total. The molecular formula is C18H17ClO3. The Labute approximate surface area is 135 Å². The molecule has 22 heavy (non-hydrogen) atoms. The molecule has 2 aromatic carbocycles. The summed E-state index contributed by atoms with van der Waals surface area (Å²) >= 11 is 6.19. The van der Waals surface area contributed by atoms with Crippen molar-refractivity contribution in [3.8, 4) is 5.75 Å². The fourth-order valence-corrected chi connectivity index (χ4v) is 2.06. The lowest BCUT2D eigenvalue weighted by Crippen LogP contribution is -1.98. The average molecular weight is 317 g/mol. The Kier molecular flexibility index (Phi) is 6.04. The van der Waals surface area contributed by atoms with E-state index in [0.29, 0.717) is 24.0 Å². The van der Waals surface area contributed by atoms with Crippen LogP contribution in [0.3, 0.4) is 0 Å². The lowest BCUT2D eigenvalue weighted by atomic mass is 10.2. The molecule has 0 fully saturated rings. The van der Waals surface area contributed by atoms with Gasteiger partial charge in [-0.05, 0) is 42.3 Å². The monoisotopic (exact) mass is 316 g/mol. The van der Waals surface area contributed by atoms with E-state index in [-0.39, 0.29) is 5.97 Å². The number of benzene rings is 2. The molecule has 0 aliphatic rings. The number of hydrogen-bond donors (Lipinski definition) is 0. The predicted octanol–water partition coefficient (Wildman–Crippen LogP) is 4.50. The van der Waals surface area contributed by atoms with E-state index in [0.717, 1.165) is 11.1 Å². The Hall–Kier alpha value is -2.26. The van der Waals surface area contributed by atoms with E-state index in [1.165, 1.54) is 6.08 Å². The number of ether oxygens (including phenoxy) is 2. The van der Waals surface area contributed by atoms with Gasteiger partial charge in [0.2, 0.25) is 0 Å². The van der Waals surface area contributed by atoms with Crippen molar-refractivity contribution in [2.24, 2.45) is 0 Å². The van der Waals surface area contributed by atoms with Crippen molar-refractivity contribution >= 4 is 23.6 Å². The molecule has 2 rings (SSSR count). The van der Waals surface area contributed by atoms with Gasteiger partial charge in [-0.3, -0.25) is 0 Å². The normalized spacial score (nSPS) is 10.6. The van der Waals surface area contributed by atoms with Crippen LogP contribution in [0.25, 0.3) is 6.08 Å². The van der Waals surface area contributed by atoms with E-state index < -0.39 is 0 Å². The van der Waals surface area contributed by atoms with Crippen LogP contribution in [0.1, 0.15) is 18.1 Å². The van der Waals surface area contributed by atoms with Gasteiger partial charge in [-0.2, -0.15) is 0 Å². The molecule has 0 saturated heterocycles. The van der Waals surface area contributed by atoms with E-state index in [1.807, 2.05) is 36.4 Å². The summed E-state index contributed by atoms with van der Waals surface area (Å²) in [5, 5.41) is 0.520. The third kappa shape index (κ3) is 4.93. The highest BCUT2D eigenvalue weighted by molar-refractivity contribution is 6.32. The molecular weight excluding hydrogens is 300 g/mol. The van der Waals surface area contributed by atoms with Crippen LogP contribution in [0.4, 0.5) is 0 Å². The standard InChI is InChI=1S/C18H17ClO3/c1-2-21-18(20)11-9-15-8-10-16(12-17(15)19)22-13-14-6-4-3-5-7-14/h3-12H,2,13H2,1H3/b11-9+. The fraction of sp³-hybridized carbons (Fsp3) is 0.167. The van der Waals surface area contributed by atoms with E-state index in [4.69, 9.17) is 21.1 Å². The van der Waals surface area contributed by atoms with Crippen LogP contribution < -0.4 is 4.74 Å². The first-order valence-electron chi connectivity index (χ1n) is 7.00. The number of esters is 1. The Morgan fingerprint density at radius 3 is 2.64 bits per heavy atom. The van der Waals surface area contributed by atoms with Crippen molar-refractivity contribution in [3.05, 3.63) is 70.8 Å². The van der Waals surface area contributed by atoms with Gasteiger partial charge in [0.1, 0.15) is 12.4 Å². The molecule has 4 heteroatoms. The predicted molar refractivity (Wildman–Crippen MR) is 87.9 cm³/mol. The van der Waals surface area contributed by atoms with Gasteiger partial charge in [0.05, 0.1) is 11.6 Å². The minimum absolute atomic E-state index is 0.350. The van der Waals surface area contributed by atoms with Crippen LogP contribution in [0.2, 0.25) is 5.02 Å². The molecule has 0 aliphatic heterocycles. The third-order valence-electron chi connectivity index (χ3n) is 2.91. The zero-order chi connectivity index (χ0) is 15.8. The molecule has 0 bridgehead atoms. The highest BCUT2D eigenvalue weighted by Crippen LogP contribution is 2.24. The molecule has 0 atom stereocenters. The smallest absolute Gasteiger partial charge is 0.330 e. The van der Waals surface area contributed by atoms with Crippen molar-refractivity contribution in [1.29, 1.82) is 0 Å². The Morgan fingerprint density at radius 1 is 1.18 bits per heavy atom. The SMILES string of the molecule is CCOC(=O)/C=C/c1ccc(OCc2ccccc2)cc1Cl. The van der Waals surface area contributed by atoms with Crippen LogP contribution in [-0.4, -0.2) is 12.6 Å². The lowest BCUT2D eigenvalue weighted by molar-refractivity contribution is -0.137. The first-order valence-corrected chi connectivity index (χ1v) is 7.38. The van der Waals surface area contributed by atoms with Crippen LogP contribution in [0.5, 0.6) is 5.75 Å². The summed E-state index contributed by atoms with van der Waals surface area (Å²) in [6.07, 6.45) is 2.98. The molecule has 2 aromatic rings. The summed E-state index contributed by atoms with van der Waals surface area (Å²) in [4.78, 5) is 11.3. The molecule has 0 unspecified atom stereocenters. The minimum atomic E-state index is -0.386. The average Bonchev–Trinajstić information content (AvgIpc) is 2.53. The summed E-state index contributed by atoms with van der Waals surface area (Å²) in [5.41, 5.74) is 1.83. The van der Waals surface area contributed by atoms with Crippen molar-refractivity contribution in [1.82, 2.24) is 0 Å². The van der Waals surface area contributed by atoms with E-state index in [1.54, 1.807) is 25.1 Å². The molecule has 0 aliphatic carbocycles. The Balaban J connectivity index is 1.98. The molecule has 0 aromatic heterocycles. The third-order valence-corrected chi connectivity index (χ3v) is 3.23. The topological polar surface area (TPSA) is 35.5 Å². The molecule has 0 heterocycles. The van der Waals surface area contributed by atoms with Crippen molar-refractivity contribution in [3.63, 3.8) is 0 Å². The zero-order valence-electron chi connectivity index (χ0n) is 12.3. The molecule has 0 radical (unpaired) electrons. The van der Waals surface area contributed by atoms with Crippen LogP contribution >= 0.6 is 11.6 Å². The second kappa shape index (κ2) is 8.25. The fourth-order valence-electron chi connectivity index (χ4n) is 1.82. The number of carbonyl (C=O) groups excluding carboxylic acids is 1. The second-order valence-electron chi connectivity index (χ2n) is 4.54. The number of rotatable bonds is 6. The van der Waals surface area contributed by atoms with E-state index in [9.17, 15) is 4.79 Å². The largest absolute Gasteiger partial charge is 0.489 e. The van der Waals surface area contributed by atoms with Gasteiger partial charge >= 0.3 is 5.97 Å². The first-order chi connectivity index (χ1) is 10.7. The summed E-state index contributed by atoms with van der Waals surface area (Å²) < 4.78 is 10.5. The van der Waals surface area contributed by atoms with Crippen molar-refractivity contribution in [2.75, 3.05) is 6.61 Å². The Morgan fingerprint density at radius 2 is 1.95 bits per heavy atom. The highest BCUT2D eigenvalue weighted by Gasteiger charge is 2.02. The number of carbonyl (C=O) groups is 1. The molecule has 0 saturated carbocycles. The maximum absolute atomic E-state index is 11.3. The van der Waals surface area contributed by atoms with Gasteiger partial charge in [0.25, 0.3) is 0 Å². The van der Waals surface area contributed by atoms with Gasteiger partial charge in [0, 0.05) is 6.08 Å². The van der Waals surface area contributed by atoms with Crippen LogP contribution in [0.15, 0.2) is 54.6 Å². The molecule has 0 spiro atoms. The zero-order valence-corrected chi connectivity index (χ0v) is 13.0. The maximum Gasteiger partial charge on any atom is 0.330 e. The van der Waals surface area contributed by atoms with Crippen molar-refractivity contribution < 1.29 is 14.3 Å². The molecule has 3 nitrogen and oxygen atoms in total. The first kappa shape index (κ1) is 16.1. The van der Waals surface area contributed by atoms with Crippen LogP contribution in [-0.2, 0) is 16.1 Å². The van der Waals surface area contributed by atoms with E-state index in [2.05, 4.69) is 0 Å². The van der Waals surface area contributed by atoms with Gasteiger partial charge in [-0.15, -0.1) is 0 Å². The summed E-state index contributed by atoms with van der Waals surface area (Å²) in [7, 11) is 0. The Bertz CT molecular complexity index is 651.